The minimum Gasteiger partial charge on any atom is -0.294 e. The highest BCUT2D eigenvalue weighted by Gasteiger charge is 2.34. The molecule has 3 heterocycles. The van der Waals surface area contributed by atoms with Crippen LogP contribution in [0, 0.1) is 0 Å². The van der Waals surface area contributed by atoms with Gasteiger partial charge >= 0.3 is 0 Å². The Morgan fingerprint density at radius 2 is 1.96 bits per heavy atom. The third kappa shape index (κ3) is 2.25. The molecule has 4 nitrogen and oxygen atoms in total. The van der Waals surface area contributed by atoms with Gasteiger partial charge in [0.1, 0.15) is 0 Å². The zero-order chi connectivity index (χ0) is 16.8. The lowest BCUT2D eigenvalue weighted by molar-refractivity contribution is 0.0971. The SMILES string of the molecule is O=C1c2cccc3cccc(c23)N1CN1CCC[C@@H]1c1cccnc1. The van der Waals surface area contributed by atoms with Crippen molar-refractivity contribution in [3.8, 4) is 0 Å². The van der Waals surface area contributed by atoms with E-state index in [0.717, 1.165) is 41.4 Å². The number of anilines is 1. The van der Waals surface area contributed by atoms with Gasteiger partial charge in [-0.2, -0.15) is 0 Å². The van der Waals surface area contributed by atoms with E-state index in [0.29, 0.717) is 12.7 Å². The smallest absolute Gasteiger partial charge is 0.260 e. The molecule has 5 rings (SSSR count). The number of pyridine rings is 1. The largest absolute Gasteiger partial charge is 0.294 e. The second-order valence-corrected chi connectivity index (χ2v) is 6.81. The summed E-state index contributed by atoms with van der Waals surface area (Å²) in [6.07, 6.45) is 6.03. The van der Waals surface area contributed by atoms with Gasteiger partial charge in [-0.15, -0.1) is 0 Å². The van der Waals surface area contributed by atoms with E-state index >= 15 is 0 Å². The Morgan fingerprint density at radius 3 is 2.80 bits per heavy atom. The van der Waals surface area contributed by atoms with Crippen molar-refractivity contribution in [2.75, 3.05) is 18.1 Å². The molecule has 25 heavy (non-hydrogen) atoms. The third-order valence-electron chi connectivity index (χ3n) is 5.40. The van der Waals surface area contributed by atoms with E-state index < -0.39 is 0 Å². The molecule has 0 N–H and O–H groups in total. The molecule has 1 saturated heterocycles. The zero-order valence-electron chi connectivity index (χ0n) is 13.9. The third-order valence-corrected chi connectivity index (χ3v) is 5.40. The second-order valence-electron chi connectivity index (χ2n) is 6.81. The number of likely N-dealkylation sites (tertiary alicyclic amines) is 1. The Hall–Kier alpha value is -2.72. The normalized spacial score (nSPS) is 19.9. The summed E-state index contributed by atoms with van der Waals surface area (Å²) in [5, 5.41) is 2.23. The summed E-state index contributed by atoms with van der Waals surface area (Å²) in [5.41, 5.74) is 3.10. The molecule has 0 unspecified atom stereocenters. The summed E-state index contributed by atoms with van der Waals surface area (Å²) in [7, 11) is 0. The van der Waals surface area contributed by atoms with Crippen LogP contribution in [0.15, 0.2) is 60.9 Å². The van der Waals surface area contributed by atoms with E-state index in [1.54, 1.807) is 0 Å². The van der Waals surface area contributed by atoms with Gasteiger partial charge in [-0.1, -0.05) is 30.3 Å². The first-order chi connectivity index (χ1) is 12.3. The molecule has 1 amide bonds. The molecular weight excluding hydrogens is 310 g/mol. The average molecular weight is 329 g/mol. The molecule has 4 heteroatoms. The fraction of sp³-hybridized carbons (Fsp3) is 0.238. The molecule has 0 spiro atoms. The Balaban J connectivity index is 1.49. The maximum atomic E-state index is 13.0. The van der Waals surface area contributed by atoms with Gasteiger partial charge < -0.3 is 0 Å². The van der Waals surface area contributed by atoms with E-state index in [-0.39, 0.29) is 5.91 Å². The Kier molecular flexibility index (Phi) is 3.31. The van der Waals surface area contributed by atoms with Crippen LogP contribution >= 0.6 is 0 Å². The van der Waals surface area contributed by atoms with Gasteiger partial charge in [-0.3, -0.25) is 19.6 Å². The number of aromatic nitrogens is 1. The van der Waals surface area contributed by atoms with Gasteiger partial charge in [-0.05, 0) is 42.0 Å². The molecule has 1 fully saturated rings. The summed E-state index contributed by atoms with van der Waals surface area (Å²) in [5.74, 6) is 0.114. The van der Waals surface area contributed by atoms with E-state index in [1.807, 2.05) is 41.6 Å². The van der Waals surface area contributed by atoms with Crippen LogP contribution in [0.4, 0.5) is 5.69 Å². The molecule has 1 atom stereocenters. The first kappa shape index (κ1) is 14.6. The van der Waals surface area contributed by atoms with Crippen molar-refractivity contribution in [1.29, 1.82) is 0 Å². The van der Waals surface area contributed by atoms with Crippen molar-refractivity contribution in [3.63, 3.8) is 0 Å². The van der Waals surface area contributed by atoms with Gasteiger partial charge in [0, 0.05) is 35.9 Å². The number of rotatable bonds is 3. The Bertz CT molecular complexity index is 949. The van der Waals surface area contributed by atoms with Crippen LogP contribution in [0.25, 0.3) is 10.8 Å². The lowest BCUT2D eigenvalue weighted by Crippen LogP contribution is -2.39. The molecule has 2 aliphatic rings. The van der Waals surface area contributed by atoms with Crippen LogP contribution in [0.2, 0.25) is 0 Å². The zero-order valence-corrected chi connectivity index (χ0v) is 13.9. The Morgan fingerprint density at radius 1 is 1.08 bits per heavy atom. The van der Waals surface area contributed by atoms with Gasteiger partial charge in [0.2, 0.25) is 0 Å². The number of amides is 1. The minimum absolute atomic E-state index is 0.114. The van der Waals surface area contributed by atoms with Crippen LogP contribution in [0.1, 0.15) is 34.8 Å². The molecule has 0 radical (unpaired) electrons. The van der Waals surface area contributed by atoms with E-state index in [9.17, 15) is 4.79 Å². The van der Waals surface area contributed by atoms with E-state index in [2.05, 4.69) is 34.1 Å². The topological polar surface area (TPSA) is 36.4 Å². The summed E-state index contributed by atoms with van der Waals surface area (Å²) in [6.45, 7) is 1.64. The van der Waals surface area contributed by atoms with Gasteiger partial charge in [-0.25, -0.2) is 0 Å². The van der Waals surface area contributed by atoms with Crippen molar-refractivity contribution in [2.24, 2.45) is 0 Å². The Labute approximate surface area is 146 Å². The number of benzene rings is 2. The van der Waals surface area contributed by atoms with Crippen molar-refractivity contribution in [3.05, 3.63) is 72.1 Å². The van der Waals surface area contributed by atoms with Crippen LogP contribution in [0.3, 0.4) is 0 Å². The second kappa shape index (κ2) is 5.67. The molecule has 0 bridgehead atoms. The van der Waals surface area contributed by atoms with Crippen LogP contribution in [0.5, 0.6) is 0 Å². The van der Waals surface area contributed by atoms with Gasteiger partial charge in [0.05, 0.1) is 12.4 Å². The predicted octanol–water partition coefficient (Wildman–Crippen LogP) is 3.99. The highest BCUT2D eigenvalue weighted by Crippen LogP contribution is 2.39. The number of hydrogen-bond donors (Lipinski definition) is 0. The summed E-state index contributed by atoms with van der Waals surface area (Å²) in [4.78, 5) is 21.6. The molecule has 2 aliphatic heterocycles. The fourth-order valence-corrected chi connectivity index (χ4v) is 4.25. The quantitative estimate of drug-likeness (QED) is 0.729. The minimum atomic E-state index is 0.114. The maximum Gasteiger partial charge on any atom is 0.260 e. The van der Waals surface area contributed by atoms with Crippen molar-refractivity contribution in [1.82, 2.24) is 9.88 Å². The van der Waals surface area contributed by atoms with E-state index in [4.69, 9.17) is 0 Å². The molecule has 0 saturated carbocycles. The number of carbonyl (C=O) groups is 1. The summed E-state index contributed by atoms with van der Waals surface area (Å²) in [6, 6.07) is 16.6. The van der Waals surface area contributed by atoms with Crippen LogP contribution in [-0.4, -0.2) is 29.0 Å². The molecule has 0 aliphatic carbocycles. The highest BCUT2D eigenvalue weighted by atomic mass is 16.2. The first-order valence-electron chi connectivity index (χ1n) is 8.80. The molecule has 1 aromatic heterocycles. The lowest BCUT2D eigenvalue weighted by atomic mass is 10.1. The number of hydrogen-bond acceptors (Lipinski definition) is 3. The molecule has 3 aromatic rings. The van der Waals surface area contributed by atoms with E-state index in [1.165, 1.54) is 5.56 Å². The van der Waals surface area contributed by atoms with Crippen molar-refractivity contribution >= 4 is 22.4 Å². The fourth-order valence-electron chi connectivity index (χ4n) is 4.25. The van der Waals surface area contributed by atoms with Crippen molar-refractivity contribution < 1.29 is 4.79 Å². The summed E-state index contributed by atoms with van der Waals surface area (Å²) < 4.78 is 0. The standard InChI is InChI=1S/C21H19N3O/c25-21-17-8-1-5-15-6-2-9-19(20(15)17)24(21)14-23-12-4-10-18(23)16-7-3-11-22-13-16/h1-3,5-9,11,13,18H,4,10,12,14H2/t18-/m1/s1. The monoisotopic (exact) mass is 329 g/mol. The first-order valence-corrected chi connectivity index (χ1v) is 8.80. The van der Waals surface area contributed by atoms with Crippen LogP contribution < -0.4 is 4.90 Å². The maximum absolute atomic E-state index is 13.0. The summed E-state index contributed by atoms with van der Waals surface area (Å²) >= 11 is 0. The highest BCUT2D eigenvalue weighted by molar-refractivity contribution is 6.24. The predicted molar refractivity (Wildman–Crippen MR) is 98.5 cm³/mol. The molecule has 2 aromatic carbocycles. The van der Waals surface area contributed by atoms with Crippen LogP contribution in [-0.2, 0) is 0 Å². The number of nitrogens with zero attached hydrogens (tertiary/aromatic N) is 3. The van der Waals surface area contributed by atoms with Gasteiger partial charge in [0.15, 0.2) is 0 Å². The molecular formula is C21H19N3O. The van der Waals surface area contributed by atoms with Gasteiger partial charge in [0.25, 0.3) is 5.91 Å². The molecule has 124 valence electrons. The lowest BCUT2D eigenvalue weighted by Gasteiger charge is -2.29. The number of carbonyl (C=O) groups excluding carboxylic acids is 1. The van der Waals surface area contributed by atoms with Crippen molar-refractivity contribution in [2.45, 2.75) is 18.9 Å². The average Bonchev–Trinajstić information content (AvgIpc) is 3.23.